The minimum atomic E-state index is -0.857. The largest absolute Gasteiger partial charge is 0.392 e. The number of amides is 2. The van der Waals surface area contributed by atoms with Crippen molar-refractivity contribution < 1.29 is 19.8 Å². The molecule has 3 aromatic rings. The Kier molecular flexibility index (Phi) is 11.1. The second-order valence-electron chi connectivity index (χ2n) is 13.7. The summed E-state index contributed by atoms with van der Waals surface area (Å²) in [4.78, 5) is 35.9. The third-order valence-corrected chi connectivity index (χ3v) is 8.99. The van der Waals surface area contributed by atoms with Crippen molar-refractivity contribution in [1.29, 1.82) is 0 Å². The summed E-state index contributed by atoms with van der Waals surface area (Å²) in [5.74, 6) is -0.869. The number of benzene rings is 2. The van der Waals surface area contributed by atoms with Crippen molar-refractivity contribution >= 4 is 23.4 Å². The van der Waals surface area contributed by atoms with Gasteiger partial charge in [0.2, 0.25) is 11.8 Å². The number of halogens is 1. The Morgan fingerprint density at radius 1 is 1.07 bits per heavy atom. The highest BCUT2D eigenvalue weighted by Crippen LogP contribution is 2.34. The number of fused-ring (bicyclic) bond motifs is 1. The molecule has 2 amide bonds. The van der Waals surface area contributed by atoms with Crippen molar-refractivity contribution in [3.05, 3.63) is 100 Å². The Hall–Kier alpha value is -3.34. The zero-order chi connectivity index (χ0) is 32.8. The van der Waals surface area contributed by atoms with Crippen LogP contribution in [0.15, 0.2) is 73.1 Å². The van der Waals surface area contributed by atoms with Crippen LogP contribution in [-0.2, 0) is 29.0 Å². The number of aliphatic hydroxyl groups is 2. The smallest absolute Gasteiger partial charge is 0.239 e. The molecule has 10 heteroatoms. The van der Waals surface area contributed by atoms with Crippen LogP contribution in [0.25, 0.3) is 0 Å². The summed E-state index contributed by atoms with van der Waals surface area (Å²) in [6, 6.07) is 18.1. The van der Waals surface area contributed by atoms with Gasteiger partial charge in [-0.15, -0.1) is 0 Å². The summed E-state index contributed by atoms with van der Waals surface area (Å²) in [6.45, 7) is 8.66. The Balaban J connectivity index is 1.29. The summed E-state index contributed by atoms with van der Waals surface area (Å²) >= 11 is 6.26. The Bertz CT molecular complexity index is 1470. The summed E-state index contributed by atoms with van der Waals surface area (Å²) in [7, 11) is 0. The van der Waals surface area contributed by atoms with E-state index in [4.69, 9.17) is 11.6 Å². The molecule has 46 heavy (non-hydrogen) atoms. The lowest BCUT2D eigenvalue weighted by atomic mass is 9.91. The molecule has 0 spiro atoms. The molecule has 2 heterocycles. The molecular weight excluding hydrogens is 602 g/mol. The van der Waals surface area contributed by atoms with Gasteiger partial charge in [0, 0.05) is 68.0 Å². The molecule has 0 bridgehead atoms. The first-order chi connectivity index (χ1) is 21.9. The van der Waals surface area contributed by atoms with Crippen LogP contribution in [0.3, 0.4) is 0 Å². The summed E-state index contributed by atoms with van der Waals surface area (Å²) in [5, 5.41) is 29.1. The number of aromatic nitrogens is 1. The van der Waals surface area contributed by atoms with E-state index in [2.05, 4.69) is 20.5 Å². The zero-order valence-electron chi connectivity index (χ0n) is 26.9. The average molecular weight is 648 g/mol. The third kappa shape index (κ3) is 9.14. The zero-order valence-corrected chi connectivity index (χ0v) is 27.7. The minimum Gasteiger partial charge on any atom is -0.392 e. The van der Waals surface area contributed by atoms with Crippen LogP contribution in [0.4, 0.5) is 0 Å². The van der Waals surface area contributed by atoms with Gasteiger partial charge < -0.3 is 20.8 Å². The molecule has 2 aliphatic rings. The topological polar surface area (TPSA) is 118 Å². The predicted molar refractivity (Wildman–Crippen MR) is 179 cm³/mol. The number of pyridine rings is 1. The average Bonchev–Trinajstić information content (AvgIpc) is 3.31. The number of nitrogens with one attached hydrogen (secondary N) is 2. The van der Waals surface area contributed by atoms with Crippen molar-refractivity contribution in [1.82, 2.24) is 25.4 Å². The van der Waals surface area contributed by atoms with E-state index in [0.717, 1.165) is 28.8 Å². The minimum absolute atomic E-state index is 0.0817. The van der Waals surface area contributed by atoms with E-state index < -0.39 is 35.7 Å². The fourth-order valence-electron chi connectivity index (χ4n) is 6.58. The number of carbonyl (C=O) groups excluding carboxylic acids is 2. The third-order valence-electron chi connectivity index (χ3n) is 8.76. The van der Waals surface area contributed by atoms with Gasteiger partial charge in [0.05, 0.1) is 18.2 Å². The van der Waals surface area contributed by atoms with Crippen LogP contribution < -0.4 is 10.6 Å². The van der Waals surface area contributed by atoms with Gasteiger partial charge in [0.15, 0.2) is 0 Å². The van der Waals surface area contributed by atoms with Gasteiger partial charge in [0.25, 0.3) is 0 Å². The standard InChI is InChI=1S/C36H46ClN5O4/c1-36(2,3)40-35(46)31-23-41(21-25-10-7-13-38-20-25)14-15-42(31)22-29(43)17-27(16-24-8-5-4-6-9-24)34(45)39-33-30-19-28(37)12-11-26(30)18-32(33)44/h4-13,19-20,27,29,31-33,43-44H,14-18,21-23H2,1-3H3,(H,39,45)(H,40,46)/t27-,29+,31+,32-,33+/m1/s1. The Morgan fingerprint density at radius 3 is 2.54 bits per heavy atom. The highest BCUT2D eigenvalue weighted by Gasteiger charge is 2.37. The van der Waals surface area contributed by atoms with E-state index in [1.165, 1.54) is 0 Å². The highest BCUT2D eigenvalue weighted by molar-refractivity contribution is 6.30. The predicted octanol–water partition coefficient (Wildman–Crippen LogP) is 3.52. The quantitative estimate of drug-likeness (QED) is 0.252. The number of β-amino-alcohol motifs (C(OH)–C–C–N with tert-alkyl or cyclic N) is 1. The molecule has 0 unspecified atom stereocenters. The fraction of sp³-hybridized carbons (Fsp3) is 0.472. The monoisotopic (exact) mass is 647 g/mol. The molecule has 5 atom stereocenters. The number of piperazine rings is 1. The molecule has 1 aromatic heterocycles. The molecular formula is C36H46ClN5O4. The number of aliphatic hydroxyl groups excluding tert-OH is 2. The lowest BCUT2D eigenvalue weighted by molar-refractivity contribution is -0.132. The van der Waals surface area contributed by atoms with Crippen molar-refractivity contribution in [2.75, 3.05) is 26.2 Å². The van der Waals surface area contributed by atoms with Gasteiger partial charge in [-0.05, 0) is 74.1 Å². The van der Waals surface area contributed by atoms with Crippen LogP contribution in [0.1, 0.15) is 55.5 Å². The molecule has 0 saturated carbocycles. The second-order valence-corrected chi connectivity index (χ2v) is 14.2. The fourth-order valence-corrected chi connectivity index (χ4v) is 6.76. The van der Waals surface area contributed by atoms with Crippen molar-refractivity contribution in [2.24, 2.45) is 5.92 Å². The van der Waals surface area contributed by atoms with Gasteiger partial charge in [-0.25, -0.2) is 0 Å². The lowest BCUT2D eigenvalue weighted by Crippen LogP contribution is -2.61. The van der Waals surface area contributed by atoms with Gasteiger partial charge in [-0.3, -0.25) is 24.4 Å². The lowest BCUT2D eigenvalue weighted by Gasteiger charge is -2.42. The van der Waals surface area contributed by atoms with E-state index >= 15 is 0 Å². The molecule has 2 aromatic carbocycles. The molecule has 1 aliphatic carbocycles. The number of hydrogen-bond acceptors (Lipinski definition) is 7. The molecule has 1 saturated heterocycles. The maximum absolute atomic E-state index is 13.9. The molecule has 1 fully saturated rings. The first-order valence-corrected chi connectivity index (χ1v) is 16.5. The number of carbonyl (C=O) groups is 2. The normalized spacial score (nSPS) is 21.7. The van der Waals surface area contributed by atoms with Gasteiger partial charge >= 0.3 is 0 Å². The number of hydrogen-bond donors (Lipinski definition) is 4. The van der Waals surface area contributed by atoms with Crippen molar-refractivity contribution in [3.63, 3.8) is 0 Å². The molecule has 9 nitrogen and oxygen atoms in total. The van der Waals surface area contributed by atoms with Gasteiger partial charge in [-0.2, -0.15) is 0 Å². The molecule has 5 rings (SSSR count). The van der Waals surface area contributed by atoms with Gasteiger partial charge in [0.1, 0.15) is 6.04 Å². The first kappa shape index (κ1) is 34.0. The molecule has 246 valence electrons. The van der Waals surface area contributed by atoms with Crippen LogP contribution in [-0.4, -0.2) is 86.8 Å². The van der Waals surface area contributed by atoms with E-state index in [1.807, 2.05) is 80.4 Å². The summed E-state index contributed by atoms with van der Waals surface area (Å²) in [6.07, 6.45) is 3.05. The molecule has 4 N–H and O–H groups in total. The maximum Gasteiger partial charge on any atom is 0.239 e. The molecule has 1 aliphatic heterocycles. The Labute approximate surface area is 277 Å². The number of nitrogens with zero attached hydrogens (tertiary/aromatic N) is 3. The van der Waals surface area contributed by atoms with E-state index in [9.17, 15) is 19.8 Å². The van der Waals surface area contributed by atoms with Crippen LogP contribution in [0, 0.1) is 5.92 Å². The van der Waals surface area contributed by atoms with Crippen LogP contribution in [0.2, 0.25) is 5.02 Å². The SMILES string of the molecule is CC(C)(C)NC(=O)[C@@H]1CN(Cc2cccnc2)CCN1C[C@@H](O)C[C@@H](Cc1ccccc1)C(=O)N[C@H]1c2cc(Cl)ccc2C[C@H]1O. The van der Waals surface area contributed by atoms with Crippen molar-refractivity contribution in [3.8, 4) is 0 Å². The Morgan fingerprint density at radius 2 is 1.83 bits per heavy atom. The van der Waals surface area contributed by atoms with Crippen molar-refractivity contribution in [2.45, 2.75) is 76.4 Å². The number of rotatable bonds is 11. The first-order valence-electron chi connectivity index (χ1n) is 16.1. The summed E-state index contributed by atoms with van der Waals surface area (Å²) < 4.78 is 0. The van der Waals surface area contributed by atoms with Crippen LogP contribution >= 0.6 is 11.6 Å². The summed E-state index contributed by atoms with van der Waals surface area (Å²) in [5.41, 5.74) is 3.45. The van der Waals surface area contributed by atoms with Crippen LogP contribution in [0.5, 0.6) is 0 Å². The maximum atomic E-state index is 13.9. The van der Waals surface area contributed by atoms with E-state index in [-0.39, 0.29) is 24.8 Å². The highest BCUT2D eigenvalue weighted by atomic mass is 35.5. The van der Waals surface area contributed by atoms with Gasteiger partial charge in [-0.1, -0.05) is 54.1 Å². The molecule has 0 radical (unpaired) electrons. The second kappa shape index (κ2) is 15.0. The van der Waals surface area contributed by atoms with E-state index in [0.29, 0.717) is 37.5 Å². The van der Waals surface area contributed by atoms with E-state index in [1.54, 1.807) is 18.3 Å².